The highest BCUT2D eigenvalue weighted by molar-refractivity contribution is 7.14. The Labute approximate surface area is 148 Å². The number of nitrogens with two attached hydrogens (primary N) is 1. The fourth-order valence-electron chi connectivity index (χ4n) is 2.58. The summed E-state index contributed by atoms with van der Waals surface area (Å²) in [5.41, 5.74) is 8.83. The normalized spacial score (nSPS) is 10.8. The highest BCUT2D eigenvalue weighted by Gasteiger charge is 2.16. The van der Waals surface area contributed by atoms with E-state index in [0.29, 0.717) is 17.4 Å². The molecule has 3 aromatic rings. The molecule has 0 spiro atoms. The summed E-state index contributed by atoms with van der Waals surface area (Å²) in [7, 11) is 0. The first kappa shape index (κ1) is 17.0. The minimum atomic E-state index is -0.532. The average molecular weight is 357 g/mol. The fourth-order valence-corrected chi connectivity index (χ4v) is 3.29. The number of benzene rings is 1. The number of H-pyrrole nitrogens is 1. The van der Waals surface area contributed by atoms with Crippen molar-refractivity contribution in [3.8, 4) is 11.3 Å². The SMILES string of the molecule is CCn1c(N)c(-c2csc(Nc3cc(C)ccc3C)n2)c(=O)[nH]c1=O. The van der Waals surface area contributed by atoms with Crippen molar-refractivity contribution >= 4 is 28.0 Å². The van der Waals surface area contributed by atoms with Gasteiger partial charge < -0.3 is 11.1 Å². The molecule has 8 heteroatoms. The Morgan fingerprint density at radius 3 is 2.80 bits per heavy atom. The van der Waals surface area contributed by atoms with Crippen molar-refractivity contribution in [3.63, 3.8) is 0 Å². The predicted octanol–water partition coefficient (Wildman–Crippen LogP) is 2.62. The van der Waals surface area contributed by atoms with Crippen LogP contribution in [0.2, 0.25) is 0 Å². The maximum atomic E-state index is 12.2. The summed E-state index contributed by atoms with van der Waals surface area (Å²) in [5.74, 6) is 0.125. The summed E-state index contributed by atoms with van der Waals surface area (Å²) in [6, 6.07) is 6.11. The lowest BCUT2D eigenvalue weighted by Gasteiger charge is -2.09. The van der Waals surface area contributed by atoms with E-state index in [9.17, 15) is 9.59 Å². The van der Waals surface area contributed by atoms with E-state index in [0.717, 1.165) is 16.8 Å². The smallest absolute Gasteiger partial charge is 0.329 e. The molecule has 3 rings (SSSR count). The van der Waals surface area contributed by atoms with Gasteiger partial charge in [-0.2, -0.15) is 0 Å². The van der Waals surface area contributed by atoms with E-state index in [1.165, 1.54) is 15.9 Å². The Hall–Kier alpha value is -2.87. The second kappa shape index (κ2) is 6.56. The second-order valence-electron chi connectivity index (χ2n) is 5.75. The lowest BCUT2D eigenvalue weighted by molar-refractivity contribution is 0.706. The van der Waals surface area contributed by atoms with Gasteiger partial charge in [-0.05, 0) is 38.0 Å². The molecule has 1 aromatic carbocycles. The van der Waals surface area contributed by atoms with Crippen LogP contribution in [0.1, 0.15) is 18.1 Å². The van der Waals surface area contributed by atoms with Crippen molar-refractivity contribution in [3.05, 3.63) is 55.5 Å². The Bertz CT molecular complexity index is 1050. The Morgan fingerprint density at radius 1 is 1.32 bits per heavy atom. The molecule has 2 heterocycles. The van der Waals surface area contributed by atoms with E-state index < -0.39 is 11.2 Å². The number of hydrogen-bond acceptors (Lipinski definition) is 6. The largest absolute Gasteiger partial charge is 0.384 e. The van der Waals surface area contributed by atoms with Gasteiger partial charge in [-0.15, -0.1) is 11.3 Å². The van der Waals surface area contributed by atoms with Gasteiger partial charge in [0.2, 0.25) is 0 Å². The van der Waals surface area contributed by atoms with Gasteiger partial charge in [0.05, 0.1) is 5.69 Å². The molecule has 130 valence electrons. The first-order valence-electron chi connectivity index (χ1n) is 7.83. The topological polar surface area (TPSA) is 106 Å². The molecule has 0 radical (unpaired) electrons. The summed E-state index contributed by atoms with van der Waals surface area (Å²) in [6.45, 7) is 6.18. The van der Waals surface area contributed by atoms with Crippen molar-refractivity contribution in [2.75, 3.05) is 11.1 Å². The molecule has 7 nitrogen and oxygen atoms in total. The zero-order valence-electron chi connectivity index (χ0n) is 14.2. The van der Waals surface area contributed by atoms with Crippen LogP contribution in [0.25, 0.3) is 11.3 Å². The van der Waals surface area contributed by atoms with Gasteiger partial charge in [0.25, 0.3) is 5.56 Å². The number of nitrogen functional groups attached to an aromatic ring is 1. The predicted molar refractivity (Wildman–Crippen MR) is 102 cm³/mol. The fraction of sp³-hybridized carbons (Fsp3) is 0.235. The first-order chi connectivity index (χ1) is 11.9. The molecular formula is C17H19N5O2S. The molecule has 2 aromatic heterocycles. The second-order valence-corrected chi connectivity index (χ2v) is 6.60. The Kier molecular flexibility index (Phi) is 4.45. The molecule has 0 aliphatic rings. The minimum absolute atomic E-state index is 0.125. The van der Waals surface area contributed by atoms with Crippen LogP contribution in [0.3, 0.4) is 0 Å². The zero-order valence-corrected chi connectivity index (χ0v) is 15.0. The van der Waals surface area contributed by atoms with E-state index in [4.69, 9.17) is 5.73 Å². The lowest BCUT2D eigenvalue weighted by atomic mass is 10.1. The van der Waals surface area contributed by atoms with Crippen LogP contribution < -0.4 is 22.3 Å². The van der Waals surface area contributed by atoms with Gasteiger partial charge in [-0.3, -0.25) is 14.3 Å². The third-order valence-electron chi connectivity index (χ3n) is 3.95. The van der Waals surface area contributed by atoms with Crippen LogP contribution in [0.4, 0.5) is 16.6 Å². The molecule has 0 bridgehead atoms. The quantitative estimate of drug-likeness (QED) is 0.665. The maximum absolute atomic E-state index is 12.2. The van der Waals surface area contributed by atoms with Gasteiger partial charge in [0, 0.05) is 17.6 Å². The molecule has 0 aliphatic heterocycles. The van der Waals surface area contributed by atoms with E-state index in [1.807, 2.05) is 32.0 Å². The monoisotopic (exact) mass is 357 g/mol. The number of anilines is 3. The van der Waals surface area contributed by atoms with Crippen molar-refractivity contribution in [2.45, 2.75) is 27.3 Å². The van der Waals surface area contributed by atoms with Gasteiger partial charge in [0.15, 0.2) is 5.13 Å². The Morgan fingerprint density at radius 2 is 2.08 bits per heavy atom. The molecule has 0 saturated heterocycles. The van der Waals surface area contributed by atoms with E-state index in [-0.39, 0.29) is 11.4 Å². The molecule has 0 atom stereocenters. The van der Waals surface area contributed by atoms with Gasteiger partial charge in [0.1, 0.15) is 11.4 Å². The standard InChI is InChI=1S/C17H19N5O2S/c1-4-22-14(18)13(15(23)21-17(22)24)12-8-25-16(20-12)19-11-7-9(2)5-6-10(11)3/h5-8H,4,18H2,1-3H3,(H,19,20)(H,21,23,24). The Balaban J connectivity index is 2.01. The van der Waals surface area contributed by atoms with Crippen molar-refractivity contribution in [2.24, 2.45) is 0 Å². The molecule has 0 unspecified atom stereocenters. The summed E-state index contributed by atoms with van der Waals surface area (Å²) in [5, 5.41) is 5.67. The van der Waals surface area contributed by atoms with Crippen LogP contribution in [0.5, 0.6) is 0 Å². The molecule has 4 N–H and O–H groups in total. The highest BCUT2D eigenvalue weighted by atomic mass is 32.1. The summed E-state index contributed by atoms with van der Waals surface area (Å²) < 4.78 is 1.31. The number of aromatic nitrogens is 3. The van der Waals surface area contributed by atoms with Crippen LogP contribution in [0, 0.1) is 13.8 Å². The molecule has 0 aliphatic carbocycles. The number of thiazole rings is 1. The van der Waals surface area contributed by atoms with E-state index in [2.05, 4.69) is 15.3 Å². The summed E-state index contributed by atoms with van der Waals surface area (Å²) in [4.78, 5) is 30.7. The van der Waals surface area contributed by atoms with Crippen molar-refractivity contribution in [1.82, 2.24) is 14.5 Å². The molecule has 0 amide bonds. The van der Waals surface area contributed by atoms with Gasteiger partial charge in [-0.1, -0.05) is 12.1 Å². The molecule has 25 heavy (non-hydrogen) atoms. The van der Waals surface area contributed by atoms with Crippen LogP contribution in [0.15, 0.2) is 33.2 Å². The van der Waals surface area contributed by atoms with E-state index in [1.54, 1.807) is 12.3 Å². The zero-order chi connectivity index (χ0) is 18.1. The third kappa shape index (κ3) is 3.20. The molecule has 0 saturated carbocycles. The first-order valence-corrected chi connectivity index (χ1v) is 8.71. The lowest BCUT2D eigenvalue weighted by Crippen LogP contribution is -2.32. The number of aryl methyl sites for hydroxylation is 2. The molecular weight excluding hydrogens is 338 g/mol. The third-order valence-corrected chi connectivity index (χ3v) is 4.71. The average Bonchev–Trinajstić information content (AvgIpc) is 2.99. The van der Waals surface area contributed by atoms with Crippen molar-refractivity contribution < 1.29 is 0 Å². The highest BCUT2D eigenvalue weighted by Crippen LogP contribution is 2.29. The number of rotatable bonds is 4. The minimum Gasteiger partial charge on any atom is -0.384 e. The number of nitrogens with zero attached hydrogens (tertiary/aromatic N) is 2. The van der Waals surface area contributed by atoms with Crippen LogP contribution >= 0.6 is 11.3 Å². The van der Waals surface area contributed by atoms with Crippen LogP contribution in [-0.2, 0) is 6.54 Å². The number of aromatic amines is 1. The maximum Gasteiger partial charge on any atom is 0.329 e. The van der Waals surface area contributed by atoms with E-state index >= 15 is 0 Å². The van der Waals surface area contributed by atoms with Crippen molar-refractivity contribution in [1.29, 1.82) is 0 Å². The van der Waals surface area contributed by atoms with Gasteiger partial charge >= 0.3 is 5.69 Å². The summed E-state index contributed by atoms with van der Waals surface area (Å²) in [6.07, 6.45) is 0. The number of hydrogen-bond donors (Lipinski definition) is 3. The van der Waals surface area contributed by atoms with Crippen LogP contribution in [-0.4, -0.2) is 14.5 Å². The number of nitrogens with one attached hydrogen (secondary N) is 2. The summed E-state index contributed by atoms with van der Waals surface area (Å²) >= 11 is 1.37. The van der Waals surface area contributed by atoms with Gasteiger partial charge in [-0.25, -0.2) is 9.78 Å². The molecule has 0 fully saturated rings.